The van der Waals surface area contributed by atoms with E-state index in [0.717, 1.165) is 38.5 Å². The largest absolute Gasteiger partial charge is 0.478 e. The highest BCUT2D eigenvalue weighted by Crippen LogP contribution is 2.54. The molecule has 3 aliphatic carbocycles. The molecule has 0 heterocycles. The number of fused-ring (bicyclic) bond motifs is 3. The lowest BCUT2D eigenvalue weighted by atomic mass is 9.58. The summed E-state index contributed by atoms with van der Waals surface area (Å²) in [5.41, 5.74) is 0.261. The summed E-state index contributed by atoms with van der Waals surface area (Å²) in [6.45, 7) is 0. The van der Waals surface area contributed by atoms with Gasteiger partial charge in [0.05, 0.1) is 5.60 Å². The average molecular weight is 210 g/mol. The van der Waals surface area contributed by atoms with Gasteiger partial charge in [-0.05, 0) is 43.9 Å². The van der Waals surface area contributed by atoms with Gasteiger partial charge >= 0.3 is 5.97 Å². The van der Waals surface area contributed by atoms with Gasteiger partial charge in [0.15, 0.2) is 0 Å². The van der Waals surface area contributed by atoms with Crippen molar-refractivity contribution < 1.29 is 14.6 Å². The third-order valence-electron chi connectivity index (χ3n) is 4.25. The zero-order chi connectivity index (χ0) is 10.9. The van der Waals surface area contributed by atoms with E-state index in [2.05, 4.69) is 0 Å². The van der Waals surface area contributed by atoms with Gasteiger partial charge in [-0.15, -0.1) is 0 Å². The zero-order valence-electron chi connectivity index (χ0n) is 9.16. The Labute approximate surface area is 90.1 Å². The Morgan fingerprint density at radius 3 is 2.13 bits per heavy atom. The van der Waals surface area contributed by atoms with Gasteiger partial charge in [0.25, 0.3) is 0 Å². The zero-order valence-corrected chi connectivity index (χ0v) is 9.16. The minimum Gasteiger partial charge on any atom is -0.478 e. The van der Waals surface area contributed by atoms with E-state index in [1.54, 1.807) is 7.11 Å². The highest BCUT2D eigenvalue weighted by Gasteiger charge is 2.47. The van der Waals surface area contributed by atoms with E-state index >= 15 is 0 Å². The summed E-state index contributed by atoms with van der Waals surface area (Å²) in [6, 6.07) is 0. The van der Waals surface area contributed by atoms with Crippen LogP contribution in [-0.4, -0.2) is 23.8 Å². The quantitative estimate of drug-likeness (QED) is 0.727. The van der Waals surface area contributed by atoms with Crippen LogP contribution in [0.3, 0.4) is 0 Å². The first-order valence-corrected chi connectivity index (χ1v) is 5.57. The maximum absolute atomic E-state index is 10.5. The number of ether oxygens (including phenoxy) is 1. The molecule has 1 N–H and O–H groups in total. The lowest BCUT2D eigenvalue weighted by Crippen LogP contribution is -2.46. The van der Waals surface area contributed by atoms with Gasteiger partial charge in [-0.2, -0.15) is 0 Å². The third kappa shape index (κ3) is 1.93. The van der Waals surface area contributed by atoms with Crippen molar-refractivity contribution in [3.05, 3.63) is 12.2 Å². The Balaban J connectivity index is 2.07. The Morgan fingerprint density at radius 2 is 1.73 bits per heavy atom. The highest BCUT2D eigenvalue weighted by atomic mass is 16.5. The first-order chi connectivity index (χ1) is 7.10. The van der Waals surface area contributed by atoms with Gasteiger partial charge < -0.3 is 9.84 Å². The molecule has 0 saturated heterocycles. The van der Waals surface area contributed by atoms with Crippen molar-refractivity contribution in [3.63, 3.8) is 0 Å². The molecule has 3 saturated carbocycles. The van der Waals surface area contributed by atoms with Crippen molar-refractivity contribution >= 4 is 5.97 Å². The molecule has 84 valence electrons. The van der Waals surface area contributed by atoms with E-state index in [1.165, 1.54) is 6.08 Å². The predicted octanol–water partition coefficient (Wildman–Crippen LogP) is 2.37. The van der Waals surface area contributed by atoms with E-state index in [9.17, 15) is 4.79 Å². The second kappa shape index (κ2) is 3.63. The standard InChI is InChI=1S/C12H18O3/c1-15-12-7-4-11(5-8-12,6-9-12)3-2-10(13)14/h2-3H,4-9H2,1H3,(H,13,14). The summed E-state index contributed by atoms with van der Waals surface area (Å²) in [6.07, 6.45) is 9.67. The maximum atomic E-state index is 10.5. The summed E-state index contributed by atoms with van der Waals surface area (Å²) in [5, 5.41) is 8.65. The van der Waals surface area contributed by atoms with Crippen LogP contribution in [0.5, 0.6) is 0 Å². The Morgan fingerprint density at radius 1 is 1.20 bits per heavy atom. The van der Waals surface area contributed by atoms with Crippen molar-refractivity contribution in [3.8, 4) is 0 Å². The van der Waals surface area contributed by atoms with Crippen LogP contribution in [0.2, 0.25) is 0 Å². The molecule has 0 aromatic heterocycles. The second-order valence-electron chi connectivity index (χ2n) is 4.92. The highest BCUT2D eigenvalue weighted by molar-refractivity contribution is 5.79. The van der Waals surface area contributed by atoms with Gasteiger partial charge in [0.1, 0.15) is 0 Å². The van der Waals surface area contributed by atoms with Gasteiger partial charge in [-0.25, -0.2) is 4.79 Å². The number of carbonyl (C=O) groups is 1. The molecule has 0 unspecified atom stereocenters. The number of hydrogen-bond donors (Lipinski definition) is 1. The van der Waals surface area contributed by atoms with E-state index in [1.807, 2.05) is 6.08 Å². The van der Waals surface area contributed by atoms with Crippen LogP contribution in [0.1, 0.15) is 38.5 Å². The number of hydrogen-bond acceptors (Lipinski definition) is 2. The van der Waals surface area contributed by atoms with Crippen LogP contribution in [0.25, 0.3) is 0 Å². The Hall–Kier alpha value is -0.830. The summed E-state index contributed by atoms with van der Waals surface area (Å²) in [4.78, 5) is 10.5. The normalized spacial score (nSPS) is 39.8. The van der Waals surface area contributed by atoms with Crippen molar-refractivity contribution in [2.24, 2.45) is 5.41 Å². The molecule has 3 heteroatoms. The number of aliphatic carboxylic acids is 1. The monoisotopic (exact) mass is 210 g/mol. The first kappa shape index (κ1) is 10.7. The lowest BCUT2D eigenvalue weighted by molar-refractivity contribution is -0.131. The average Bonchev–Trinajstić information content (AvgIpc) is 2.29. The van der Waals surface area contributed by atoms with Crippen molar-refractivity contribution in [1.29, 1.82) is 0 Å². The predicted molar refractivity (Wildman–Crippen MR) is 56.7 cm³/mol. The molecule has 0 aliphatic heterocycles. The fourth-order valence-corrected chi connectivity index (χ4v) is 2.98. The minimum atomic E-state index is -0.835. The van der Waals surface area contributed by atoms with Crippen LogP contribution in [0, 0.1) is 5.41 Å². The fourth-order valence-electron chi connectivity index (χ4n) is 2.98. The van der Waals surface area contributed by atoms with Crippen LogP contribution >= 0.6 is 0 Å². The van der Waals surface area contributed by atoms with Gasteiger partial charge in [-0.1, -0.05) is 6.08 Å². The fraction of sp³-hybridized carbons (Fsp3) is 0.750. The van der Waals surface area contributed by atoms with Crippen LogP contribution < -0.4 is 0 Å². The molecule has 0 amide bonds. The van der Waals surface area contributed by atoms with E-state index in [4.69, 9.17) is 9.84 Å². The molecule has 3 rings (SSSR count). The molecule has 3 fully saturated rings. The summed E-state index contributed by atoms with van der Waals surface area (Å²) < 4.78 is 5.60. The third-order valence-corrected chi connectivity index (χ3v) is 4.25. The van der Waals surface area contributed by atoms with E-state index in [0.29, 0.717) is 0 Å². The molecule has 2 bridgehead atoms. The first-order valence-electron chi connectivity index (χ1n) is 5.57. The number of carboxylic acid groups (broad SMARTS) is 1. The van der Waals surface area contributed by atoms with Crippen LogP contribution in [0.15, 0.2) is 12.2 Å². The summed E-state index contributed by atoms with van der Waals surface area (Å²) in [7, 11) is 1.80. The molecular weight excluding hydrogens is 192 g/mol. The topological polar surface area (TPSA) is 46.5 Å². The smallest absolute Gasteiger partial charge is 0.327 e. The second-order valence-corrected chi connectivity index (χ2v) is 4.92. The number of rotatable bonds is 3. The van der Waals surface area contributed by atoms with Gasteiger partial charge in [-0.3, -0.25) is 0 Å². The van der Waals surface area contributed by atoms with Crippen LogP contribution in [0.4, 0.5) is 0 Å². The molecule has 0 aromatic rings. The molecule has 0 aromatic carbocycles. The minimum absolute atomic E-state index is 0.110. The SMILES string of the molecule is COC12CCC(C=CC(=O)O)(CC1)CC2. The molecule has 0 radical (unpaired) electrons. The van der Waals surface area contributed by atoms with Crippen molar-refractivity contribution in [1.82, 2.24) is 0 Å². The molecule has 3 nitrogen and oxygen atoms in total. The number of carboxylic acids is 1. The summed E-state index contributed by atoms with van der Waals surface area (Å²) in [5.74, 6) is -0.835. The summed E-state index contributed by atoms with van der Waals surface area (Å²) >= 11 is 0. The van der Waals surface area contributed by atoms with E-state index in [-0.39, 0.29) is 11.0 Å². The van der Waals surface area contributed by atoms with Crippen molar-refractivity contribution in [2.45, 2.75) is 44.1 Å². The Kier molecular flexibility index (Phi) is 2.59. The molecule has 0 atom stereocenters. The van der Waals surface area contributed by atoms with E-state index < -0.39 is 5.97 Å². The van der Waals surface area contributed by atoms with Crippen LogP contribution in [-0.2, 0) is 9.53 Å². The van der Waals surface area contributed by atoms with Gasteiger partial charge in [0.2, 0.25) is 0 Å². The van der Waals surface area contributed by atoms with Crippen molar-refractivity contribution in [2.75, 3.05) is 7.11 Å². The molecular formula is C12H18O3. The molecule has 0 spiro atoms. The Bertz CT molecular complexity index is 269. The lowest BCUT2D eigenvalue weighted by Gasteiger charge is -2.51. The number of methoxy groups -OCH3 is 1. The molecule has 3 aliphatic rings. The van der Waals surface area contributed by atoms with Gasteiger partial charge in [0, 0.05) is 13.2 Å². The maximum Gasteiger partial charge on any atom is 0.327 e. The number of allylic oxidation sites excluding steroid dienone is 1. The molecule has 15 heavy (non-hydrogen) atoms.